The van der Waals surface area contributed by atoms with Gasteiger partial charge in [0.2, 0.25) is 0 Å². The average Bonchev–Trinajstić information content (AvgIpc) is 2.92. The second-order valence-electron chi connectivity index (χ2n) is 4.39. The molecule has 1 fully saturated rings. The monoisotopic (exact) mass is 290 g/mol. The lowest BCUT2D eigenvalue weighted by Crippen LogP contribution is -2.16. The highest BCUT2D eigenvalue weighted by molar-refractivity contribution is 9.10. The zero-order valence-electron chi connectivity index (χ0n) is 8.56. The summed E-state index contributed by atoms with van der Waals surface area (Å²) < 4.78 is 14.5. The second-order valence-corrected chi connectivity index (χ2v) is 5.96. The first kappa shape index (κ1) is 11.4. The molecule has 0 heterocycles. The third-order valence-corrected chi connectivity index (χ3v) is 4.24. The molecule has 0 saturated heterocycles. The Balaban J connectivity index is 2.21. The van der Waals surface area contributed by atoms with Crippen molar-refractivity contribution < 1.29 is 4.39 Å². The van der Waals surface area contributed by atoms with Crippen LogP contribution in [0.15, 0.2) is 22.7 Å². The fraction of sp³-hybridized carbons (Fsp3) is 0.500. The minimum Gasteiger partial charge on any atom is -0.207 e. The molecule has 0 N–H and O–H groups in total. The Bertz CT molecular complexity index is 372. The first-order chi connectivity index (χ1) is 7.03. The first-order valence-electron chi connectivity index (χ1n) is 5.11. The molecule has 1 aromatic carbocycles. The lowest BCUT2D eigenvalue weighted by molar-refractivity contribution is 0.479. The van der Waals surface area contributed by atoms with Crippen LogP contribution in [0.4, 0.5) is 4.39 Å². The van der Waals surface area contributed by atoms with E-state index in [2.05, 4.69) is 15.9 Å². The highest BCUT2D eigenvalue weighted by atomic mass is 79.9. The summed E-state index contributed by atoms with van der Waals surface area (Å²) in [5.41, 5.74) is 0.915. The zero-order valence-corrected chi connectivity index (χ0v) is 10.9. The third kappa shape index (κ3) is 2.36. The molecular weight excluding hydrogens is 278 g/mol. The number of hydrogen-bond acceptors (Lipinski definition) is 0. The minimum atomic E-state index is -0.123. The molecule has 1 aromatic rings. The van der Waals surface area contributed by atoms with E-state index >= 15 is 0 Å². The summed E-state index contributed by atoms with van der Waals surface area (Å²) in [4.78, 5) is 0. The molecular formula is C12H13BrClF. The van der Waals surface area contributed by atoms with Crippen LogP contribution in [0, 0.1) is 11.2 Å². The summed E-state index contributed by atoms with van der Waals surface area (Å²) in [7, 11) is 0. The summed E-state index contributed by atoms with van der Waals surface area (Å²) in [6.45, 7) is 2.00. The van der Waals surface area contributed by atoms with Gasteiger partial charge in [0.1, 0.15) is 5.82 Å². The van der Waals surface area contributed by atoms with Gasteiger partial charge in [0.25, 0.3) is 0 Å². The SMILES string of the molecule is CC(Cl)C1(Cc2cc(Br)ccc2F)CC1. The molecule has 1 atom stereocenters. The van der Waals surface area contributed by atoms with Crippen molar-refractivity contribution in [1.29, 1.82) is 0 Å². The van der Waals surface area contributed by atoms with Crippen LogP contribution in [-0.2, 0) is 6.42 Å². The molecule has 1 unspecified atom stereocenters. The normalized spacial score (nSPS) is 20.0. The zero-order chi connectivity index (χ0) is 11.1. The van der Waals surface area contributed by atoms with E-state index in [1.807, 2.05) is 13.0 Å². The maximum atomic E-state index is 13.5. The van der Waals surface area contributed by atoms with Crippen LogP contribution < -0.4 is 0 Å². The number of benzene rings is 1. The molecule has 1 aliphatic rings. The van der Waals surface area contributed by atoms with Gasteiger partial charge in [0.05, 0.1) is 0 Å². The summed E-state index contributed by atoms with van der Waals surface area (Å²) in [5, 5.41) is 0.121. The molecule has 3 heteroatoms. The van der Waals surface area contributed by atoms with Gasteiger partial charge < -0.3 is 0 Å². The second kappa shape index (κ2) is 4.06. The Hall–Kier alpha value is -0.0800. The molecule has 15 heavy (non-hydrogen) atoms. The number of hydrogen-bond donors (Lipinski definition) is 0. The van der Waals surface area contributed by atoms with Crippen LogP contribution in [-0.4, -0.2) is 5.38 Å². The van der Waals surface area contributed by atoms with Gasteiger partial charge >= 0.3 is 0 Å². The number of alkyl halides is 1. The van der Waals surface area contributed by atoms with Crippen molar-refractivity contribution in [2.45, 2.75) is 31.6 Å². The highest BCUT2D eigenvalue weighted by Gasteiger charge is 2.46. The number of halogens is 3. The van der Waals surface area contributed by atoms with Gasteiger partial charge in [-0.15, -0.1) is 11.6 Å². The summed E-state index contributed by atoms with van der Waals surface area (Å²) >= 11 is 9.50. The van der Waals surface area contributed by atoms with Crippen molar-refractivity contribution in [1.82, 2.24) is 0 Å². The lowest BCUT2D eigenvalue weighted by Gasteiger charge is -2.18. The van der Waals surface area contributed by atoms with E-state index in [0.717, 1.165) is 29.3 Å². The van der Waals surface area contributed by atoms with Gasteiger partial charge in [-0.2, -0.15) is 0 Å². The third-order valence-electron chi connectivity index (χ3n) is 3.29. The van der Waals surface area contributed by atoms with Crippen molar-refractivity contribution >= 4 is 27.5 Å². The van der Waals surface area contributed by atoms with Crippen molar-refractivity contribution in [3.8, 4) is 0 Å². The summed E-state index contributed by atoms with van der Waals surface area (Å²) in [6.07, 6.45) is 2.98. The Morgan fingerprint density at radius 3 is 2.73 bits per heavy atom. The minimum absolute atomic E-state index is 0.121. The summed E-state index contributed by atoms with van der Waals surface area (Å²) in [6, 6.07) is 5.09. The van der Waals surface area contributed by atoms with Crippen LogP contribution >= 0.6 is 27.5 Å². The summed E-state index contributed by atoms with van der Waals surface area (Å²) in [5.74, 6) is -0.123. The van der Waals surface area contributed by atoms with Gasteiger partial charge in [-0.05, 0) is 55.4 Å². The molecule has 0 aromatic heterocycles. The van der Waals surface area contributed by atoms with E-state index in [4.69, 9.17) is 11.6 Å². The first-order valence-corrected chi connectivity index (χ1v) is 6.34. The van der Waals surface area contributed by atoms with E-state index in [1.54, 1.807) is 6.07 Å². The van der Waals surface area contributed by atoms with Crippen LogP contribution in [0.3, 0.4) is 0 Å². The quantitative estimate of drug-likeness (QED) is 0.717. The maximum absolute atomic E-state index is 13.5. The Labute approximate surface area is 103 Å². The van der Waals surface area contributed by atoms with Gasteiger partial charge in [-0.25, -0.2) is 4.39 Å². The van der Waals surface area contributed by atoms with E-state index in [9.17, 15) is 4.39 Å². The van der Waals surface area contributed by atoms with Crippen molar-refractivity contribution in [2.75, 3.05) is 0 Å². The Morgan fingerprint density at radius 2 is 2.20 bits per heavy atom. The lowest BCUT2D eigenvalue weighted by atomic mass is 9.93. The van der Waals surface area contributed by atoms with Crippen molar-refractivity contribution in [3.05, 3.63) is 34.1 Å². The Morgan fingerprint density at radius 1 is 1.53 bits per heavy atom. The van der Waals surface area contributed by atoms with Gasteiger partial charge in [0.15, 0.2) is 0 Å². The predicted molar refractivity (Wildman–Crippen MR) is 64.8 cm³/mol. The highest BCUT2D eigenvalue weighted by Crippen LogP contribution is 2.53. The van der Waals surface area contributed by atoms with Crippen molar-refractivity contribution in [3.63, 3.8) is 0 Å². The molecule has 0 spiro atoms. The van der Waals surface area contributed by atoms with Gasteiger partial charge in [0, 0.05) is 9.85 Å². The Kier molecular flexibility index (Phi) is 3.09. The van der Waals surface area contributed by atoms with Crippen molar-refractivity contribution in [2.24, 2.45) is 5.41 Å². The van der Waals surface area contributed by atoms with Crippen LogP contribution in [0.1, 0.15) is 25.3 Å². The molecule has 82 valence electrons. The molecule has 1 aliphatic carbocycles. The molecule has 0 amide bonds. The predicted octanol–water partition coefficient (Wildman–Crippen LogP) is 4.54. The molecule has 1 saturated carbocycles. The van der Waals surface area contributed by atoms with Crippen LogP contribution in [0.25, 0.3) is 0 Å². The largest absolute Gasteiger partial charge is 0.207 e. The maximum Gasteiger partial charge on any atom is 0.126 e. The standard InChI is InChI=1S/C12H13BrClF/c1-8(14)12(4-5-12)7-9-6-10(13)2-3-11(9)15/h2-3,6,8H,4-5,7H2,1H3. The molecule has 0 bridgehead atoms. The van der Waals surface area contributed by atoms with E-state index < -0.39 is 0 Å². The fourth-order valence-corrected chi connectivity index (χ4v) is 2.64. The van der Waals surface area contributed by atoms with E-state index in [0.29, 0.717) is 0 Å². The van der Waals surface area contributed by atoms with E-state index in [1.165, 1.54) is 6.07 Å². The molecule has 0 nitrogen and oxygen atoms in total. The molecule has 0 radical (unpaired) electrons. The van der Waals surface area contributed by atoms with Gasteiger partial charge in [-0.3, -0.25) is 0 Å². The molecule has 0 aliphatic heterocycles. The molecule has 2 rings (SSSR count). The van der Waals surface area contributed by atoms with Crippen LogP contribution in [0.5, 0.6) is 0 Å². The topological polar surface area (TPSA) is 0 Å². The van der Waals surface area contributed by atoms with Gasteiger partial charge in [-0.1, -0.05) is 15.9 Å². The fourth-order valence-electron chi connectivity index (χ4n) is 1.93. The van der Waals surface area contributed by atoms with E-state index in [-0.39, 0.29) is 16.6 Å². The van der Waals surface area contributed by atoms with Crippen LogP contribution in [0.2, 0.25) is 0 Å². The smallest absolute Gasteiger partial charge is 0.126 e. The number of rotatable bonds is 3. The average molecular weight is 292 g/mol.